The summed E-state index contributed by atoms with van der Waals surface area (Å²) in [5.74, 6) is -3.94. The van der Waals surface area contributed by atoms with Gasteiger partial charge in [-0.25, -0.2) is 47.9 Å². The highest BCUT2D eigenvalue weighted by atomic mass is 16.6. The monoisotopic (exact) mass is 1300 g/mol. The number of ether oxygens (including phenoxy) is 14. The Morgan fingerprint density at radius 1 is 0.387 bits per heavy atom. The van der Waals surface area contributed by atoms with Gasteiger partial charge in [0.05, 0.1) is 36.9 Å². The van der Waals surface area contributed by atoms with E-state index in [4.69, 9.17) is 47.4 Å². The minimum Gasteiger partial charge on any atom is -0.463 e. The molecule has 14 aliphatic rings. The smallest absolute Gasteiger partial charge is 0.347 e. The molecule has 8 bridgehead atoms. The van der Waals surface area contributed by atoms with E-state index in [9.17, 15) is 67.1 Å². The Morgan fingerprint density at radius 3 is 1.03 bits per heavy atom. The van der Waals surface area contributed by atoms with E-state index in [2.05, 4.69) is 58.4 Å². The van der Waals surface area contributed by atoms with Crippen LogP contribution in [0.3, 0.4) is 0 Å². The fourth-order valence-electron chi connectivity index (χ4n) is 15.1. The molecule has 28 heteroatoms. The number of hydrogen-bond acceptors (Lipinski definition) is 28. The lowest BCUT2D eigenvalue weighted by molar-refractivity contribution is -0.168. The van der Waals surface area contributed by atoms with Gasteiger partial charge in [-0.2, -0.15) is 0 Å². The number of cyclic esters (lactones) is 2. The van der Waals surface area contributed by atoms with Crippen LogP contribution in [0, 0.1) is 71.0 Å². The van der Waals surface area contributed by atoms with E-state index in [1.165, 1.54) is 13.8 Å². The summed E-state index contributed by atoms with van der Waals surface area (Å²) in [6, 6.07) is 0. The van der Waals surface area contributed by atoms with Gasteiger partial charge in [-0.15, -0.1) is 0 Å². The summed E-state index contributed by atoms with van der Waals surface area (Å²) in [5.41, 5.74) is 0.906. The molecular weight excluding hydrogens is 1230 g/mol. The molecule has 93 heavy (non-hydrogen) atoms. The van der Waals surface area contributed by atoms with Gasteiger partial charge in [-0.1, -0.05) is 39.5 Å². The Morgan fingerprint density at radius 2 is 0.699 bits per heavy atom. The third-order valence-electron chi connectivity index (χ3n) is 19.2. The van der Waals surface area contributed by atoms with Crippen molar-refractivity contribution in [1.29, 1.82) is 0 Å². The van der Waals surface area contributed by atoms with Crippen LogP contribution < -0.4 is 0 Å². The minimum absolute atomic E-state index is 0.0106. The van der Waals surface area contributed by atoms with Crippen molar-refractivity contribution in [3.8, 4) is 0 Å². The normalized spacial score (nSPS) is 35.9. The fourth-order valence-corrected chi connectivity index (χ4v) is 15.1. The molecule has 6 saturated heterocycles. The summed E-state index contributed by atoms with van der Waals surface area (Å²) in [6.45, 7) is 24.6. The van der Waals surface area contributed by atoms with Crippen LogP contribution in [-0.4, -0.2) is 171 Å². The lowest BCUT2D eigenvalue weighted by Crippen LogP contribution is -2.37. The Hall–Kier alpha value is -8.98. The van der Waals surface area contributed by atoms with Crippen molar-refractivity contribution in [3.05, 3.63) is 74.4 Å². The lowest BCUT2D eigenvalue weighted by atomic mass is 9.88. The number of esters is 14. The third-order valence-corrected chi connectivity index (χ3v) is 19.2. The summed E-state index contributed by atoms with van der Waals surface area (Å²) in [5, 5.41) is 0. The summed E-state index contributed by atoms with van der Waals surface area (Å²) < 4.78 is 70.2. The standard InChI is InChI=1S/C14H16O6.C13H14O6.C12H14O4.C11H12O4.C8H10O4.C7H8O4/c1-6(2)13(16)18-5-10(15)19-11-7-3-8-9(4-7)14(17)20-12(8)11;1-2-9(14)17-5-10(15)18-11-6-3-7-8(4-6)13(16)19-12(7)11;1-5(2)11(13)15-9-6-3-7-8(4-6)12(14)16-10(7)9;1-2-8(12)14-9-5-3-6-7(4-5)11(13)15-10(6)9;1-5(2)7(9)12-6-3-4-11-8(6)10;1-2-6(8)11-5-3-4-10-7(5)9/h7-9,11-12H,1,3-5H2,2H3;2,6-8,11-12H,1,3-5H2;6-10H,1,3-4H2,2H3;2,5-7,9-10H,1,3-4H2;6H,1,3-4H2,2H3;2,5H,1,3-4H2. The average molecular weight is 1300 g/mol. The number of carbonyl (C=O) groups excluding carboxylic acids is 14. The zero-order chi connectivity index (χ0) is 67.4. The molecule has 8 saturated carbocycles. The number of hydrogen-bond donors (Lipinski definition) is 0. The maximum atomic E-state index is 11.7. The molecule has 22 atom stereocenters. The SMILES string of the molecule is C=C(C)C(=O)OC1C2CC3C(=O)OC1C3C2.C=C(C)C(=O)OC1CCOC1=O.C=C(C)C(=O)OCC(=O)OC1C2CC3C(=O)OC1C3C2.C=CC(=O)OC1C2CC3C(=O)OC1C3C2.C=CC(=O)OC1CCOC1=O.C=CC(=O)OCC(=O)OC1C2CC3C(=O)OC1C3C2. The molecule has 0 N–H and O–H groups in total. The van der Waals surface area contributed by atoms with Crippen LogP contribution >= 0.6 is 0 Å². The van der Waals surface area contributed by atoms with Crippen molar-refractivity contribution >= 4 is 83.6 Å². The van der Waals surface area contributed by atoms with Crippen LogP contribution in [0.2, 0.25) is 0 Å². The zero-order valence-corrected chi connectivity index (χ0v) is 51.5. The topological polar surface area (TPSA) is 368 Å². The Labute approximate surface area is 533 Å². The van der Waals surface area contributed by atoms with Crippen LogP contribution in [0.25, 0.3) is 0 Å². The number of fused-ring (bicyclic) bond motifs is 4. The van der Waals surface area contributed by atoms with Gasteiger partial charge in [0.15, 0.2) is 13.2 Å². The maximum Gasteiger partial charge on any atom is 0.347 e. The Balaban J connectivity index is 0.000000133. The number of rotatable bonds is 16. The van der Waals surface area contributed by atoms with Gasteiger partial charge in [0, 0.05) is 95.1 Å². The fraction of sp³-hybridized carbons (Fsp3) is 0.600. The number of carbonyl (C=O) groups is 14. The largest absolute Gasteiger partial charge is 0.463 e. The van der Waals surface area contributed by atoms with Gasteiger partial charge < -0.3 is 66.3 Å². The Kier molecular flexibility index (Phi) is 21.3. The van der Waals surface area contributed by atoms with Gasteiger partial charge in [0.25, 0.3) is 0 Å². The van der Waals surface area contributed by atoms with Crippen LogP contribution in [0.5, 0.6) is 0 Å². The van der Waals surface area contributed by atoms with Crippen molar-refractivity contribution in [2.24, 2.45) is 71.0 Å². The van der Waals surface area contributed by atoms with E-state index in [0.717, 1.165) is 69.6 Å². The molecule has 14 rings (SSSR count). The second kappa shape index (κ2) is 28.9. The van der Waals surface area contributed by atoms with Crippen molar-refractivity contribution in [2.45, 2.75) is 146 Å². The van der Waals surface area contributed by atoms with Crippen LogP contribution in [0.4, 0.5) is 0 Å². The van der Waals surface area contributed by atoms with E-state index >= 15 is 0 Å². The molecule has 0 aromatic rings. The predicted octanol–water partition coefficient (Wildman–Crippen LogP) is 2.98. The first-order valence-corrected chi connectivity index (χ1v) is 30.7. The Bertz CT molecular complexity index is 3160. The molecule has 8 aliphatic carbocycles. The van der Waals surface area contributed by atoms with Gasteiger partial charge in [0.1, 0.15) is 48.8 Å². The van der Waals surface area contributed by atoms with Crippen LogP contribution in [0.1, 0.15) is 85.0 Å². The molecule has 0 radical (unpaired) electrons. The van der Waals surface area contributed by atoms with Crippen molar-refractivity contribution in [2.75, 3.05) is 26.4 Å². The first-order chi connectivity index (χ1) is 44.2. The summed E-state index contributed by atoms with van der Waals surface area (Å²) in [6.07, 6.45) is 7.05. The average Bonchev–Trinajstić information content (AvgIpc) is 1.61. The summed E-state index contributed by atoms with van der Waals surface area (Å²) >= 11 is 0. The molecule has 0 aromatic carbocycles. The van der Waals surface area contributed by atoms with E-state index < -0.39 is 85.2 Å². The highest BCUT2D eigenvalue weighted by Gasteiger charge is 2.66. The molecule has 22 unspecified atom stereocenters. The quantitative estimate of drug-likeness (QED) is 0.122. The van der Waals surface area contributed by atoms with Crippen molar-refractivity contribution < 1.29 is 133 Å². The van der Waals surface area contributed by atoms with Gasteiger partial charge in [-0.3, -0.25) is 19.2 Å². The summed E-state index contributed by atoms with van der Waals surface area (Å²) in [7, 11) is 0. The van der Waals surface area contributed by atoms with E-state index in [-0.39, 0.29) is 143 Å². The van der Waals surface area contributed by atoms with E-state index in [1.807, 2.05) is 0 Å². The van der Waals surface area contributed by atoms with Gasteiger partial charge >= 0.3 is 83.6 Å². The van der Waals surface area contributed by atoms with Gasteiger partial charge in [-0.05, 0) is 72.1 Å². The summed E-state index contributed by atoms with van der Waals surface area (Å²) in [4.78, 5) is 157. The first kappa shape index (κ1) is 68.4. The first-order valence-electron chi connectivity index (χ1n) is 30.7. The van der Waals surface area contributed by atoms with E-state index in [0.29, 0.717) is 43.5 Å². The van der Waals surface area contributed by atoms with Crippen molar-refractivity contribution in [3.63, 3.8) is 0 Å². The lowest BCUT2D eigenvalue weighted by Gasteiger charge is -2.25. The van der Waals surface area contributed by atoms with E-state index in [1.54, 1.807) is 6.92 Å². The highest BCUT2D eigenvalue weighted by molar-refractivity contribution is 5.91. The van der Waals surface area contributed by atoms with Crippen molar-refractivity contribution in [1.82, 2.24) is 0 Å². The molecule has 28 nitrogen and oxygen atoms in total. The molecule has 6 heterocycles. The highest BCUT2D eigenvalue weighted by Crippen LogP contribution is 2.58. The molecule has 6 aliphatic heterocycles. The minimum atomic E-state index is -0.728. The van der Waals surface area contributed by atoms with Gasteiger partial charge in [0.2, 0.25) is 12.2 Å². The molecule has 0 spiro atoms. The molecule has 0 aromatic heterocycles. The molecule has 502 valence electrons. The second-order valence-corrected chi connectivity index (χ2v) is 25.2. The molecule has 14 fully saturated rings. The zero-order valence-electron chi connectivity index (χ0n) is 51.5. The molecule has 0 amide bonds. The van der Waals surface area contributed by atoms with Crippen LogP contribution in [0.15, 0.2) is 74.4 Å². The predicted molar refractivity (Wildman–Crippen MR) is 306 cm³/mol. The molecular formula is C65H74O28. The maximum absolute atomic E-state index is 11.7. The van der Waals surface area contributed by atoms with Crippen LogP contribution in [-0.2, 0) is 133 Å². The third kappa shape index (κ3) is 14.9. The second-order valence-electron chi connectivity index (χ2n) is 25.2.